The normalized spacial score (nSPS) is 13.2. The highest BCUT2D eigenvalue weighted by molar-refractivity contribution is 7.20. The Morgan fingerprint density at radius 3 is 2.85 bits per heavy atom. The van der Waals surface area contributed by atoms with Crippen molar-refractivity contribution in [3.8, 4) is 5.75 Å². The molecule has 0 radical (unpaired) electrons. The van der Waals surface area contributed by atoms with Crippen molar-refractivity contribution in [2.45, 2.75) is 27.2 Å². The SMILES string of the molecule is CCNC(=O)c1cc2c(/C(=N\OCCN(CC)CC)c3ccc4c(c3)CCO4)nc(N)nc2s1. The van der Waals surface area contributed by atoms with Crippen LogP contribution >= 0.6 is 11.3 Å². The van der Waals surface area contributed by atoms with Crippen LogP contribution in [0.4, 0.5) is 5.95 Å². The number of thiophene rings is 1. The summed E-state index contributed by atoms with van der Waals surface area (Å²) in [6.45, 7) is 10.4. The maximum Gasteiger partial charge on any atom is 0.261 e. The van der Waals surface area contributed by atoms with Crippen LogP contribution in [0.25, 0.3) is 10.2 Å². The summed E-state index contributed by atoms with van der Waals surface area (Å²) in [4.78, 5) is 30.6. The van der Waals surface area contributed by atoms with E-state index in [0.29, 0.717) is 46.3 Å². The van der Waals surface area contributed by atoms with Crippen LogP contribution in [0.5, 0.6) is 5.75 Å². The van der Waals surface area contributed by atoms with Crippen molar-refractivity contribution in [2.75, 3.05) is 45.1 Å². The number of anilines is 1. The summed E-state index contributed by atoms with van der Waals surface area (Å²) in [5.74, 6) is 0.845. The van der Waals surface area contributed by atoms with Crippen molar-refractivity contribution in [1.29, 1.82) is 0 Å². The Balaban J connectivity index is 1.76. The molecule has 0 atom stereocenters. The largest absolute Gasteiger partial charge is 0.493 e. The number of hydrogen-bond acceptors (Lipinski definition) is 9. The van der Waals surface area contributed by atoms with Crippen LogP contribution in [0.15, 0.2) is 29.4 Å². The molecule has 9 nitrogen and oxygen atoms in total. The standard InChI is InChI=1S/C24H30N6O3S/c1-4-26-22(31)19-14-17-21(27-24(25)28-23(17)34-19)20(29-33-12-10-30(5-2)6-3)16-7-8-18-15(13-16)9-11-32-18/h7-8,13-14H,4-6,9-12H2,1-3H3,(H,26,31)(H2,25,27,28)/b29-20-. The molecule has 4 rings (SSSR count). The van der Waals surface area contributed by atoms with E-state index in [0.717, 1.165) is 42.9 Å². The molecule has 0 saturated carbocycles. The molecule has 1 aromatic carbocycles. The molecule has 3 N–H and O–H groups in total. The molecule has 10 heteroatoms. The molecule has 1 amide bonds. The molecular formula is C24H30N6O3S. The highest BCUT2D eigenvalue weighted by Gasteiger charge is 2.22. The Labute approximate surface area is 203 Å². The molecule has 2 aromatic heterocycles. The molecular weight excluding hydrogens is 452 g/mol. The van der Waals surface area contributed by atoms with Gasteiger partial charge in [-0.05, 0) is 49.8 Å². The molecule has 1 aliphatic heterocycles. The maximum absolute atomic E-state index is 12.5. The zero-order valence-corrected chi connectivity index (χ0v) is 20.6. The van der Waals surface area contributed by atoms with E-state index in [-0.39, 0.29) is 11.9 Å². The lowest BCUT2D eigenvalue weighted by molar-refractivity contribution is 0.0960. The average Bonchev–Trinajstić information content (AvgIpc) is 3.48. The number of nitrogens with one attached hydrogen (secondary N) is 1. The number of fused-ring (bicyclic) bond motifs is 2. The van der Waals surface area contributed by atoms with Gasteiger partial charge in [0.05, 0.1) is 11.5 Å². The van der Waals surface area contributed by atoms with Gasteiger partial charge in [0.1, 0.15) is 28.6 Å². The number of amides is 1. The molecule has 3 aromatic rings. The minimum absolute atomic E-state index is 0.118. The summed E-state index contributed by atoms with van der Waals surface area (Å²) in [6, 6.07) is 7.73. The summed E-state index contributed by atoms with van der Waals surface area (Å²) in [6.07, 6.45) is 0.834. The topological polar surface area (TPSA) is 115 Å². The lowest BCUT2D eigenvalue weighted by Crippen LogP contribution is -2.26. The summed E-state index contributed by atoms with van der Waals surface area (Å²) in [7, 11) is 0. The summed E-state index contributed by atoms with van der Waals surface area (Å²) in [5, 5.41) is 8.06. The highest BCUT2D eigenvalue weighted by atomic mass is 32.1. The van der Waals surface area contributed by atoms with E-state index < -0.39 is 0 Å². The van der Waals surface area contributed by atoms with Crippen LogP contribution < -0.4 is 15.8 Å². The monoisotopic (exact) mass is 482 g/mol. The fourth-order valence-corrected chi connectivity index (χ4v) is 4.82. The van der Waals surface area contributed by atoms with Gasteiger partial charge in [0.2, 0.25) is 5.95 Å². The maximum atomic E-state index is 12.5. The lowest BCUT2D eigenvalue weighted by Gasteiger charge is -2.17. The number of nitrogen functional groups attached to an aromatic ring is 1. The molecule has 0 fully saturated rings. The molecule has 0 unspecified atom stereocenters. The Bertz CT molecular complexity index is 1200. The van der Waals surface area contributed by atoms with Gasteiger partial charge in [-0.1, -0.05) is 19.0 Å². The summed E-state index contributed by atoms with van der Waals surface area (Å²) < 4.78 is 5.67. The predicted molar refractivity (Wildman–Crippen MR) is 135 cm³/mol. The fourth-order valence-electron chi connectivity index (χ4n) is 3.86. The number of benzene rings is 1. The first-order valence-electron chi connectivity index (χ1n) is 11.6. The first-order chi connectivity index (χ1) is 16.5. The van der Waals surface area contributed by atoms with Crippen LogP contribution in [-0.2, 0) is 11.3 Å². The molecule has 180 valence electrons. The highest BCUT2D eigenvalue weighted by Crippen LogP contribution is 2.31. The number of ether oxygens (including phenoxy) is 1. The first-order valence-corrected chi connectivity index (χ1v) is 12.4. The zero-order valence-electron chi connectivity index (χ0n) is 19.8. The summed E-state index contributed by atoms with van der Waals surface area (Å²) >= 11 is 1.28. The molecule has 0 spiro atoms. The zero-order chi connectivity index (χ0) is 24.1. The Kier molecular flexibility index (Phi) is 7.59. The molecule has 3 heterocycles. The van der Waals surface area contributed by atoms with E-state index in [2.05, 4.69) is 45.3 Å². The second kappa shape index (κ2) is 10.8. The van der Waals surface area contributed by atoms with Crippen molar-refractivity contribution in [3.05, 3.63) is 46.0 Å². The Morgan fingerprint density at radius 1 is 1.26 bits per heavy atom. The van der Waals surface area contributed by atoms with Gasteiger partial charge < -0.3 is 25.5 Å². The molecule has 0 bridgehead atoms. The quantitative estimate of drug-likeness (QED) is 0.259. The van der Waals surface area contributed by atoms with Crippen LogP contribution in [0, 0.1) is 0 Å². The lowest BCUT2D eigenvalue weighted by atomic mass is 10.0. The third kappa shape index (κ3) is 5.13. The van der Waals surface area contributed by atoms with Gasteiger partial charge >= 0.3 is 0 Å². The number of aromatic nitrogens is 2. The van der Waals surface area contributed by atoms with Gasteiger partial charge in [0.25, 0.3) is 5.91 Å². The average molecular weight is 483 g/mol. The predicted octanol–water partition coefficient (Wildman–Crippen LogP) is 3.07. The van der Waals surface area contributed by atoms with Crippen molar-refractivity contribution >= 4 is 39.1 Å². The number of rotatable bonds is 10. The van der Waals surface area contributed by atoms with Crippen LogP contribution in [-0.4, -0.2) is 65.9 Å². The Hall–Kier alpha value is -3.24. The molecule has 0 aliphatic carbocycles. The van der Waals surface area contributed by atoms with E-state index in [4.69, 9.17) is 15.3 Å². The third-order valence-corrected chi connectivity index (χ3v) is 6.74. The van der Waals surface area contributed by atoms with Crippen molar-refractivity contribution in [2.24, 2.45) is 5.16 Å². The van der Waals surface area contributed by atoms with Gasteiger partial charge in [-0.2, -0.15) is 0 Å². The Morgan fingerprint density at radius 2 is 2.09 bits per heavy atom. The number of likely N-dealkylation sites (N-methyl/N-ethyl adjacent to an activating group) is 1. The third-order valence-electron chi connectivity index (χ3n) is 5.71. The van der Waals surface area contributed by atoms with Crippen molar-refractivity contribution < 1.29 is 14.4 Å². The summed E-state index contributed by atoms with van der Waals surface area (Å²) in [5.41, 5.74) is 9.11. The molecule has 34 heavy (non-hydrogen) atoms. The van der Waals surface area contributed by atoms with Gasteiger partial charge in [0, 0.05) is 30.5 Å². The van der Waals surface area contributed by atoms with Crippen molar-refractivity contribution in [3.63, 3.8) is 0 Å². The number of carbonyl (C=O) groups excluding carboxylic acids is 1. The van der Waals surface area contributed by atoms with Crippen molar-refractivity contribution in [1.82, 2.24) is 20.2 Å². The van der Waals surface area contributed by atoms with Crippen LogP contribution in [0.1, 0.15) is 47.3 Å². The molecule has 1 aliphatic rings. The number of hydrogen-bond donors (Lipinski definition) is 2. The van der Waals surface area contributed by atoms with E-state index in [1.807, 2.05) is 19.1 Å². The first kappa shape index (κ1) is 23.9. The second-order valence-electron chi connectivity index (χ2n) is 7.84. The van der Waals surface area contributed by atoms with Gasteiger partial charge in [-0.25, -0.2) is 9.97 Å². The molecule has 0 saturated heterocycles. The number of nitrogens with two attached hydrogens (primary N) is 1. The number of nitrogens with zero attached hydrogens (tertiary/aromatic N) is 4. The minimum atomic E-state index is -0.154. The van der Waals surface area contributed by atoms with Crippen LogP contribution in [0.3, 0.4) is 0 Å². The van der Waals surface area contributed by atoms with E-state index in [1.165, 1.54) is 11.3 Å². The van der Waals surface area contributed by atoms with E-state index in [1.54, 1.807) is 6.07 Å². The van der Waals surface area contributed by atoms with Gasteiger partial charge in [-0.15, -0.1) is 11.3 Å². The van der Waals surface area contributed by atoms with Crippen LogP contribution in [0.2, 0.25) is 0 Å². The number of oxime groups is 1. The number of carbonyl (C=O) groups is 1. The van der Waals surface area contributed by atoms with Gasteiger partial charge in [0.15, 0.2) is 0 Å². The minimum Gasteiger partial charge on any atom is -0.493 e. The fraction of sp³-hybridized carbons (Fsp3) is 0.417. The second-order valence-corrected chi connectivity index (χ2v) is 8.87. The smallest absolute Gasteiger partial charge is 0.261 e. The van der Waals surface area contributed by atoms with Gasteiger partial charge in [-0.3, -0.25) is 4.79 Å². The van der Waals surface area contributed by atoms with E-state index >= 15 is 0 Å². The van der Waals surface area contributed by atoms with E-state index in [9.17, 15) is 4.79 Å².